The third-order valence-corrected chi connectivity index (χ3v) is 4.89. The van der Waals surface area contributed by atoms with E-state index in [2.05, 4.69) is 17.2 Å². The summed E-state index contributed by atoms with van der Waals surface area (Å²) in [7, 11) is 0. The number of nitro groups is 1. The number of carbonyl (C=O) groups excluding carboxylic acids is 1. The molecule has 1 amide bonds. The topological polar surface area (TPSA) is 94.4 Å². The van der Waals surface area contributed by atoms with Gasteiger partial charge in [0.25, 0.3) is 11.6 Å². The molecular weight excluding hydrogens is 330 g/mol. The van der Waals surface area contributed by atoms with Crippen LogP contribution in [0, 0.1) is 16.0 Å². The molecule has 1 unspecified atom stereocenters. The fourth-order valence-electron chi connectivity index (χ4n) is 2.56. The number of nitro benzene ring substituents is 1. The molecule has 7 nitrogen and oxygen atoms in total. The molecule has 0 radical (unpaired) electrons. The number of carbonyl (C=O) groups is 1. The Labute approximate surface area is 142 Å². The van der Waals surface area contributed by atoms with E-state index in [-0.39, 0.29) is 18.2 Å². The highest BCUT2D eigenvalue weighted by Crippen LogP contribution is 2.32. The lowest BCUT2D eigenvalue weighted by molar-refractivity contribution is -0.384. The van der Waals surface area contributed by atoms with Crippen LogP contribution in [0.25, 0.3) is 0 Å². The average molecular weight is 347 g/mol. The van der Waals surface area contributed by atoms with Gasteiger partial charge < -0.3 is 4.74 Å². The van der Waals surface area contributed by atoms with Crippen LogP contribution in [0.15, 0.2) is 24.3 Å². The maximum atomic E-state index is 12.0. The Morgan fingerprint density at radius 2 is 2.21 bits per heavy atom. The van der Waals surface area contributed by atoms with Crippen molar-refractivity contribution in [1.82, 2.24) is 4.98 Å². The first-order valence-corrected chi connectivity index (χ1v) is 8.48. The smallest absolute Gasteiger partial charge is 0.269 e. The predicted molar refractivity (Wildman–Crippen MR) is 90.5 cm³/mol. The monoisotopic (exact) mass is 347 g/mol. The number of nitrogens with one attached hydrogen (secondary N) is 1. The highest BCUT2D eigenvalue weighted by atomic mass is 32.1. The van der Waals surface area contributed by atoms with Gasteiger partial charge in [-0.15, -0.1) is 11.3 Å². The summed E-state index contributed by atoms with van der Waals surface area (Å²) in [6.07, 6.45) is 3.11. The Morgan fingerprint density at radius 3 is 2.92 bits per heavy atom. The molecule has 1 aliphatic carbocycles. The lowest BCUT2D eigenvalue weighted by Gasteiger charge is -2.15. The van der Waals surface area contributed by atoms with Crippen molar-refractivity contribution in [2.24, 2.45) is 5.92 Å². The van der Waals surface area contributed by atoms with Crippen LogP contribution in [-0.4, -0.2) is 22.4 Å². The number of benzene rings is 1. The van der Waals surface area contributed by atoms with Crippen molar-refractivity contribution < 1.29 is 14.5 Å². The number of hydrogen-bond donors (Lipinski definition) is 1. The van der Waals surface area contributed by atoms with Gasteiger partial charge in [0.2, 0.25) is 0 Å². The second-order valence-corrected chi connectivity index (χ2v) is 6.91. The van der Waals surface area contributed by atoms with E-state index in [1.165, 1.54) is 40.5 Å². The molecular formula is C16H17N3O4S. The Kier molecular flexibility index (Phi) is 4.75. The minimum absolute atomic E-state index is 0.0191. The summed E-state index contributed by atoms with van der Waals surface area (Å²) >= 11 is 1.52. The molecule has 24 heavy (non-hydrogen) atoms. The molecule has 1 heterocycles. The number of rotatable bonds is 5. The Balaban J connectivity index is 1.53. The molecule has 0 saturated heterocycles. The number of amides is 1. The van der Waals surface area contributed by atoms with E-state index in [4.69, 9.17) is 4.74 Å². The first-order valence-electron chi connectivity index (χ1n) is 7.67. The highest BCUT2D eigenvalue weighted by Gasteiger charge is 2.20. The molecule has 2 aromatic rings. The van der Waals surface area contributed by atoms with Gasteiger partial charge in [-0.1, -0.05) is 6.92 Å². The van der Waals surface area contributed by atoms with Crippen molar-refractivity contribution in [3.05, 3.63) is 45.0 Å². The lowest BCUT2D eigenvalue weighted by atomic mass is 9.93. The molecule has 1 aromatic carbocycles. The van der Waals surface area contributed by atoms with E-state index in [1.54, 1.807) is 0 Å². The van der Waals surface area contributed by atoms with Gasteiger partial charge in [-0.2, -0.15) is 0 Å². The Hall–Kier alpha value is -2.48. The fraction of sp³-hybridized carbons (Fsp3) is 0.375. The number of ether oxygens (including phenoxy) is 1. The molecule has 0 bridgehead atoms. The van der Waals surface area contributed by atoms with Crippen molar-refractivity contribution >= 4 is 28.1 Å². The zero-order valence-electron chi connectivity index (χ0n) is 13.2. The van der Waals surface area contributed by atoms with Gasteiger partial charge in [0, 0.05) is 17.0 Å². The van der Waals surface area contributed by atoms with Crippen LogP contribution in [0.5, 0.6) is 5.75 Å². The summed E-state index contributed by atoms with van der Waals surface area (Å²) < 4.78 is 5.34. The molecule has 1 aliphatic rings. The van der Waals surface area contributed by atoms with Gasteiger partial charge in [0.05, 0.1) is 10.6 Å². The molecule has 126 valence electrons. The highest BCUT2D eigenvalue weighted by molar-refractivity contribution is 7.15. The van der Waals surface area contributed by atoms with E-state index in [9.17, 15) is 14.9 Å². The standard InChI is InChI=1S/C16H17N3O4S/c1-10-2-7-13-14(8-10)24-16(17-13)18-15(20)9-23-12-5-3-11(4-6-12)19(21)22/h3-6,10H,2,7-9H2,1H3,(H,17,18,20). The number of non-ortho nitro benzene ring substituents is 1. The predicted octanol–water partition coefficient (Wildman–Crippen LogP) is 3.19. The third-order valence-electron chi connectivity index (χ3n) is 3.85. The quantitative estimate of drug-likeness (QED) is 0.662. The molecule has 0 saturated carbocycles. The third kappa shape index (κ3) is 3.88. The molecule has 0 aliphatic heterocycles. The molecule has 0 spiro atoms. The number of thiazole rings is 1. The van der Waals surface area contributed by atoms with Gasteiger partial charge in [0.15, 0.2) is 11.7 Å². The van der Waals surface area contributed by atoms with Gasteiger partial charge in [-0.3, -0.25) is 20.2 Å². The summed E-state index contributed by atoms with van der Waals surface area (Å²) in [5.74, 6) is 0.766. The number of aromatic nitrogens is 1. The summed E-state index contributed by atoms with van der Waals surface area (Å²) in [6.45, 7) is 2.05. The van der Waals surface area contributed by atoms with Gasteiger partial charge >= 0.3 is 0 Å². The minimum atomic E-state index is -0.485. The van der Waals surface area contributed by atoms with Crippen LogP contribution in [0.1, 0.15) is 23.9 Å². The minimum Gasteiger partial charge on any atom is -0.484 e. The first kappa shape index (κ1) is 16.4. The van der Waals surface area contributed by atoms with Crippen LogP contribution in [0.4, 0.5) is 10.8 Å². The second kappa shape index (κ2) is 6.96. The van der Waals surface area contributed by atoms with Gasteiger partial charge in [-0.05, 0) is 37.3 Å². The SMILES string of the molecule is CC1CCc2nc(NC(=O)COc3ccc([N+](=O)[O-])cc3)sc2C1. The number of nitrogens with zero attached hydrogens (tertiary/aromatic N) is 2. The average Bonchev–Trinajstić information content (AvgIpc) is 2.94. The van der Waals surface area contributed by atoms with Gasteiger partial charge in [0.1, 0.15) is 5.75 Å². The first-order chi connectivity index (χ1) is 11.5. The van der Waals surface area contributed by atoms with E-state index in [1.807, 2.05) is 0 Å². The van der Waals surface area contributed by atoms with E-state index >= 15 is 0 Å². The van der Waals surface area contributed by atoms with Crippen molar-refractivity contribution in [2.45, 2.75) is 26.2 Å². The van der Waals surface area contributed by atoms with Crippen LogP contribution in [-0.2, 0) is 17.6 Å². The number of hydrogen-bond acceptors (Lipinski definition) is 6. The van der Waals surface area contributed by atoms with E-state index in [0.717, 1.165) is 25.0 Å². The van der Waals surface area contributed by atoms with Crippen LogP contribution in [0.3, 0.4) is 0 Å². The van der Waals surface area contributed by atoms with Crippen LogP contribution < -0.4 is 10.1 Å². The molecule has 3 rings (SSSR count). The lowest BCUT2D eigenvalue weighted by Crippen LogP contribution is -2.20. The molecule has 1 N–H and O–H groups in total. The second-order valence-electron chi connectivity index (χ2n) is 5.82. The van der Waals surface area contributed by atoms with Crippen molar-refractivity contribution in [3.63, 3.8) is 0 Å². The summed E-state index contributed by atoms with van der Waals surface area (Å²) in [5, 5.41) is 13.9. The normalized spacial score (nSPS) is 16.3. The summed E-state index contributed by atoms with van der Waals surface area (Å²) in [4.78, 5) is 27.8. The maximum absolute atomic E-state index is 12.0. The maximum Gasteiger partial charge on any atom is 0.269 e. The van der Waals surface area contributed by atoms with Crippen LogP contribution in [0.2, 0.25) is 0 Å². The van der Waals surface area contributed by atoms with Crippen molar-refractivity contribution in [1.29, 1.82) is 0 Å². The van der Waals surface area contributed by atoms with Crippen molar-refractivity contribution in [3.8, 4) is 5.75 Å². The molecule has 1 aromatic heterocycles. The summed E-state index contributed by atoms with van der Waals surface area (Å²) in [5.41, 5.74) is 1.07. The van der Waals surface area contributed by atoms with Gasteiger partial charge in [-0.25, -0.2) is 4.98 Å². The molecule has 8 heteroatoms. The Bertz CT molecular complexity index is 757. The number of anilines is 1. The summed E-state index contributed by atoms with van der Waals surface area (Å²) in [6, 6.07) is 5.61. The van der Waals surface area contributed by atoms with Crippen molar-refractivity contribution in [2.75, 3.05) is 11.9 Å². The van der Waals surface area contributed by atoms with E-state index in [0.29, 0.717) is 16.8 Å². The zero-order valence-corrected chi connectivity index (χ0v) is 14.0. The Morgan fingerprint density at radius 1 is 1.46 bits per heavy atom. The zero-order chi connectivity index (χ0) is 17.1. The number of fused-ring (bicyclic) bond motifs is 1. The van der Waals surface area contributed by atoms with Crippen LogP contribution >= 0.6 is 11.3 Å². The largest absolute Gasteiger partial charge is 0.484 e. The molecule has 1 atom stereocenters. The van der Waals surface area contributed by atoms with E-state index < -0.39 is 4.92 Å². The fourth-order valence-corrected chi connectivity index (χ4v) is 3.75. The number of aryl methyl sites for hydroxylation is 1. The molecule has 0 fully saturated rings.